The maximum atomic E-state index is 5.53. The molecule has 1 fully saturated rings. The summed E-state index contributed by atoms with van der Waals surface area (Å²) in [7, 11) is 0. The molecule has 2 rings (SSSR count). The highest BCUT2D eigenvalue weighted by molar-refractivity contribution is 5.36. The van der Waals surface area contributed by atoms with Gasteiger partial charge in [-0.15, -0.1) is 0 Å². The van der Waals surface area contributed by atoms with Crippen LogP contribution in [0.25, 0.3) is 0 Å². The zero-order valence-corrected chi connectivity index (χ0v) is 12.6. The monoisotopic (exact) mass is 279 g/mol. The maximum Gasteiger partial charge on any atom is 0.323 e. The van der Waals surface area contributed by atoms with Gasteiger partial charge in [0.05, 0.1) is 6.61 Å². The minimum Gasteiger partial charge on any atom is -0.463 e. The SMILES string of the molecule is CCCOc1nc(NCC)nc(NC2CCCC2C)n1. The molecule has 112 valence electrons. The van der Waals surface area contributed by atoms with Crippen molar-refractivity contribution in [2.24, 2.45) is 5.92 Å². The van der Waals surface area contributed by atoms with Crippen molar-refractivity contribution in [3.8, 4) is 6.01 Å². The third-order valence-corrected chi connectivity index (χ3v) is 3.56. The molecule has 0 spiro atoms. The van der Waals surface area contributed by atoms with Crippen molar-refractivity contribution in [3.63, 3.8) is 0 Å². The van der Waals surface area contributed by atoms with Crippen LogP contribution in [0.1, 0.15) is 46.5 Å². The van der Waals surface area contributed by atoms with Crippen molar-refractivity contribution < 1.29 is 4.74 Å². The fraction of sp³-hybridized carbons (Fsp3) is 0.786. The highest BCUT2D eigenvalue weighted by Crippen LogP contribution is 2.27. The zero-order chi connectivity index (χ0) is 14.4. The predicted octanol–water partition coefficient (Wildman–Crippen LogP) is 2.69. The molecule has 1 aromatic rings. The molecular formula is C14H25N5O. The van der Waals surface area contributed by atoms with Crippen LogP contribution in [-0.4, -0.2) is 34.1 Å². The van der Waals surface area contributed by atoms with Crippen LogP contribution in [0.2, 0.25) is 0 Å². The lowest BCUT2D eigenvalue weighted by molar-refractivity contribution is 0.292. The molecule has 1 saturated carbocycles. The van der Waals surface area contributed by atoms with Crippen LogP contribution in [0.4, 0.5) is 11.9 Å². The van der Waals surface area contributed by atoms with Gasteiger partial charge >= 0.3 is 6.01 Å². The Morgan fingerprint density at radius 2 is 1.95 bits per heavy atom. The smallest absolute Gasteiger partial charge is 0.323 e. The highest BCUT2D eigenvalue weighted by atomic mass is 16.5. The second-order valence-corrected chi connectivity index (χ2v) is 5.30. The molecular weight excluding hydrogens is 254 g/mol. The van der Waals surface area contributed by atoms with Crippen LogP contribution in [0.15, 0.2) is 0 Å². The van der Waals surface area contributed by atoms with Gasteiger partial charge in [-0.05, 0) is 32.1 Å². The first-order chi connectivity index (χ1) is 9.72. The Kier molecular flexibility index (Phi) is 5.38. The molecule has 2 atom stereocenters. The van der Waals surface area contributed by atoms with Gasteiger partial charge in [0, 0.05) is 12.6 Å². The Labute approximate surface area is 120 Å². The summed E-state index contributed by atoms with van der Waals surface area (Å²) in [6.07, 6.45) is 4.64. The summed E-state index contributed by atoms with van der Waals surface area (Å²) in [5.41, 5.74) is 0. The molecule has 2 unspecified atom stereocenters. The van der Waals surface area contributed by atoms with E-state index in [1.54, 1.807) is 0 Å². The molecule has 0 aromatic carbocycles. The number of hydrogen-bond acceptors (Lipinski definition) is 6. The van der Waals surface area contributed by atoms with Gasteiger partial charge < -0.3 is 15.4 Å². The molecule has 1 aromatic heterocycles. The van der Waals surface area contributed by atoms with Crippen molar-refractivity contribution in [1.29, 1.82) is 0 Å². The summed E-state index contributed by atoms with van der Waals surface area (Å²) in [6.45, 7) is 7.74. The lowest BCUT2D eigenvalue weighted by Crippen LogP contribution is -2.24. The van der Waals surface area contributed by atoms with Gasteiger partial charge in [0.2, 0.25) is 11.9 Å². The average Bonchev–Trinajstić information content (AvgIpc) is 2.82. The van der Waals surface area contributed by atoms with E-state index in [0.29, 0.717) is 36.5 Å². The molecule has 6 nitrogen and oxygen atoms in total. The quantitative estimate of drug-likeness (QED) is 0.799. The van der Waals surface area contributed by atoms with Crippen LogP contribution in [0, 0.1) is 5.92 Å². The number of ether oxygens (including phenoxy) is 1. The summed E-state index contributed by atoms with van der Waals surface area (Å²) in [4.78, 5) is 13.0. The van der Waals surface area contributed by atoms with E-state index < -0.39 is 0 Å². The third-order valence-electron chi connectivity index (χ3n) is 3.56. The average molecular weight is 279 g/mol. The minimum absolute atomic E-state index is 0.394. The van der Waals surface area contributed by atoms with E-state index in [1.807, 2.05) is 6.92 Å². The van der Waals surface area contributed by atoms with Gasteiger partial charge in [-0.2, -0.15) is 15.0 Å². The van der Waals surface area contributed by atoms with Gasteiger partial charge in [-0.25, -0.2) is 0 Å². The van der Waals surface area contributed by atoms with Crippen LogP contribution in [-0.2, 0) is 0 Å². The van der Waals surface area contributed by atoms with E-state index >= 15 is 0 Å². The van der Waals surface area contributed by atoms with Gasteiger partial charge in [0.15, 0.2) is 0 Å². The molecule has 0 saturated heterocycles. The number of aromatic nitrogens is 3. The van der Waals surface area contributed by atoms with Gasteiger partial charge in [-0.3, -0.25) is 0 Å². The van der Waals surface area contributed by atoms with E-state index in [-0.39, 0.29) is 0 Å². The first-order valence-electron chi connectivity index (χ1n) is 7.62. The fourth-order valence-electron chi connectivity index (χ4n) is 2.44. The molecule has 1 aliphatic rings. The molecule has 0 aliphatic heterocycles. The van der Waals surface area contributed by atoms with Crippen molar-refractivity contribution in [3.05, 3.63) is 0 Å². The van der Waals surface area contributed by atoms with E-state index in [9.17, 15) is 0 Å². The van der Waals surface area contributed by atoms with Crippen LogP contribution < -0.4 is 15.4 Å². The van der Waals surface area contributed by atoms with Crippen molar-refractivity contribution in [2.45, 2.75) is 52.5 Å². The Balaban J connectivity index is 2.10. The molecule has 1 heterocycles. The molecule has 20 heavy (non-hydrogen) atoms. The van der Waals surface area contributed by atoms with Crippen molar-refractivity contribution >= 4 is 11.9 Å². The predicted molar refractivity (Wildman–Crippen MR) is 80.2 cm³/mol. The number of anilines is 2. The Bertz CT molecular complexity index is 426. The standard InChI is InChI=1S/C14H25N5O/c1-4-9-20-14-18-12(15-5-2)17-13(19-14)16-11-8-6-7-10(11)3/h10-11H,4-9H2,1-3H3,(H2,15,16,17,18,19). The second-order valence-electron chi connectivity index (χ2n) is 5.30. The summed E-state index contributed by atoms with van der Waals surface area (Å²) in [6, 6.07) is 0.844. The molecule has 0 bridgehead atoms. The Morgan fingerprint density at radius 3 is 2.60 bits per heavy atom. The minimum atomic E-state index is 0.394. The Hall–Kier alpha value is -1.59. The number of hydrogen-bond donors (Lipinski definition) is 2. The molecule has 1 aliphatic carbocycles. The fourth-order valence-corrected chi connectivity index (χ4v) is 2.44. The number of rotatable bonds is 7. The van der Waals surface area contributed by atoms with Crippen molar-refractivity contribution in [1.82, 2.24) is 15.0 Å². The summed E-state index contributed by atoms with van der Waals surface area (Å²) in [5.74, 6) is 1.84. The van der Waals surface area contributed by atoms with Gasteiger partial charge in [-0.1, -0.05) is 20.3 Å². The van der Waals surface area contributed by atoms with Crippen LogP contribution >= 0.6 is 0 Å². The largest absolute Gasteiger partial charge is 0.463 e. The zero-order valence-electron chi connectivity index (χ0n) is 12.6. The molecule has 0 amide bonds. The summed E-state index contributed by atoms with van der Waals surface area (Å²) < 4.78 is 5.53. The topological polar surface area (TPSA) is 72.0 Å². The summed E-state index contributed by atoms with van der Waals surface area (Å²) in [5, 5.41) is 6.54. The molecule has 0 radical (unpaired) electrons. The summed E-state index contributed by atoms with van der Waals surface area (Å²) >= 11 is 0. The van der Waals surface area contributed by atoms with E-state index in [2.05, 4.69) is 39.4 Å². The Morgan fingerprint density at radius 1 is 1.15 bits per heavy atom. The number of nitrogens with zero attached hydrogens (tertiary/aromatic N) is 3. The van der Waals surface area contributed by atoms with Crippen LogP contribution in [0.5, 0.6) is 6.01 Å². The van der Waals surface area contributed by atoms with E-state index in [0.717, 1.165) is 13.0 Å². The molecule has 6 heteroatoms. The second kappa shape index (κ2) is 7.26. The number of nitrogens with one attached hydrogen (secondary N) is 2. The maximum absolute atomic E-state index is 5.53. The lowest BCUT2D eigenvalue weighted by atomic mass is 10.1. The molecule has 2 N–H and O–H groups in total. The van der Waals surface area contributed by atoms with E-state index in [1.165, 1.54) is 19.3 Å². The van der Waals surface area contributed by atoms with Crippen LogP contribution in [0.3, 0.4) is 0 Å². The first kappa shape index (κ1) is 14.8. The van der Waals surface area contributed by atoms with Gasteiger partial charge in [0.25, 0.3) is 0 Å². The lowest BCUT2D eigenvalue weighted by Gasteiger charge is -2.17. The van der Waals surface area contributed by atoms with E-state index in [4.69, 9.17) is 4.74 Å². The normalized spacial score (nSPS) is 21.8. The van der Waals surface area contributed by atoms with Gasteiger partial charge in [0.1, 0.15) is 0 Å². The first-order valence-corrected chi connectivity index (χ1v) is 7.62. The highest BCUT2D eigenvalue weighted by Gasteiger charge is 2.24. The van der Waals surface area contributed by atoms with Crippen molar-refractivity contribution in [2.75, 3.05) is 23.8 Å². The third kappa shape index (κ3) is 3.95.